The molecule has 0 bridgehead atoms. The number of carbonyl (C=O) groups is 1. The summed E-state index contributed by atoms with van der Waals surface area (Å²) in [4.78, 5) is 19.3. The fourth-order valence-electron chi connectivity index (χ4n) is 4.41. The van der Waals surface area contributed by atoms with Crippen molar-refractivity contribution in [3.63, 3.8) is 0 Å². The van der Waals surface area contributed by atoms with Gasteiger partial charge < -0.3 is 4.90 Å². The lowest BCUT2D eigenvalue weighted by atomic mass is 9.79. The lowest BCUT2D eigenvalue weighted by Gasteiger charge is -2.42. The van der Waals surface area contributed by atoms with Crippen molar-refractivity contribution in [3.8, 4) is 0 Å². The summed E-state index contributed by atoms with van der Waals surface area (Å²) in [5.41, 5.74) is 0. The molecule has 3 rings (SSSR count). The highest BCUT2D eigenvalue weighted by Crippen LogP contribution is 2.36. The van der Waals surface area contributed by atoms with Crippen LogP contribution in [-0.2, 0) is 0 Å². The second kappa shape index (κ2) is 7.39. The second-order valence-electron chi connectivity index (χ2n) is 7.32. The number of amides is 2. The van der Waals surface area contributed by atoms with E-state index in [-0.39, 0.29) is 6.03 Å². The van der Waals surface area contributed by atoms with E-state index in [1.54, 1.807) is 6.20 Å². The second-order valence-corrected chi connectivity index (χ2v) is 8.98. The van der Waals surface area contributed by atoms with Gasteiger partial charge in [0.15, 0.2) is 5.13 Å². The van der Waals surface area contributed by atoms with E-state index in [9.17, 15) is 4.79 Å². The molecule has 1 aromatic heterocycles. The van der Waals surface area contributed by atoms with Crippen LogP contribution in [0.15, 0.2) is 6.20 Å². The highest BCUT2D eigenvalue weighted by molar-refractivity contribution is 7.19. The van der Waals surface area contributed by atoms with Gasteiger partial charge in [-0.25, -0.2) is 9.78 Å². The smallest absolute Gasteiger partial charge is 0.318 e. The summed E-state index contributed by atoms with van der Waals surface area (Å²) in [6, 6.07) is 0.745. The Kier molecular flexibility index (Phi) is 5.47. The summed E-state index contributed by atoms with van der Waals surface area (Å²) < 4.78 is 0.604. The van der Waals surface area contributed by atoms with Crippen molar-refractivity contribution in [3.05, 3.63) is 10.5 Å². The van der Waals surface area contributed by atoms with Crippen LogP contribution in [0.3, 0.4) is 0 Å². The Morgan fingerprint density at radius 2 is 1.87 bits per heavy atom. The molecule has 0 saturated heterocycles. The molecule has 2 amide bonds. The van der Waals surface area contributed by atoms with Gasteiger partial charge in [0.25, 0.3) is 0 Å². The molecule has 4 nitrogen and oxygen atoms in total. The zero-order valence-electron chi connectivity index (χ0n) is 13.9. The maximum absolute atomic E-state index is 13.0. The van der Waals surface area contributed by atoms with E-state index in [4.69, 9.17) is 11.6 Å². The van der Waals surface area contributed by atoms with E-state index in [1.807, 2.05) is 0 Å². The molecule has 0 aromatic carbocycles. The van der Waals surface area contributed by atoms with Gasteiger partial charge in [-0.05, 0) is 43.9 Å². The minimum atomic E-state index is 0.00853. The lowest BCUT2D eigenvalue weighted by molar-refractivity contribution is 0.103. The van der Waals surface area contributed by atoms with Crippen molar-refractivity contribution < 1.29 is 4.79 Å². The molecule has 1 unspecified atom stereocenters. The normalized spacial score (nSPS) is 28.7. The van der Waals surface area contributed by atoms with Crippen molar-refractivity contribution in [1.82, 2.24) is 9.88 Å². The standard InChI is InChI=1S/C17H26ClN3OS/c1-11-7-12(2)9-14(8-11)21(13-5-3-4-6-13)17(22)20-16-19-10-15(18)23-16/h10-14H,3-9H2,1-2H3,(H,19,20,22)/t11-,12+,14?. The molecule has 0 aliphatic heterocycles. The summed E-state index contributed by atoms with van der Waals surface area (Å²) >= 11 is 7.25. The number of carbonyl (C=O) groups excluding carboxylic acids is 1. The number of aromatic nitrogens is 1. The van der Waals surface area contributed by atoms with E-state index in [0.29, 0.717) is 33.4 Å². The van der Waals surface area contributed by atoms with Crippen LogP contribution in [0, 0.1) is 11.8 Å². The molecular weight excluding hydrogens is 330 g/mol. The van der Waals surface area contributed by atoms with Gasteiger partial charge in [-0.3, -0.25) is 5.32 Å². The predicted molar refractivity (Wildman–Crippen MR) is 96.2 cm³/mol. The predicted octanol–water partition coefficient (Wildman–Crippen LogP) is 5.40. The number of nitrogens with one attached hydrogen (secondary N) is 1. The van der Waals surface area contributed by atoms with Crippen molar-refractivity contribution in [1.29, 1.82) is 0 Å². The van der Waals surface area contributed by atoms with E-state index in [1.165, 1.54) is 30.6 Å². The molecule has 2 aliphatic carbocycles. The van der Waals surface area contributed by atoms with Crippen LogP contribution in [0.25, 0.3) is 0 Å². The topological polar surface area (TPSA) is 45.2 Å². The molecule has 6 heteroatoms. The average molecular weight is 356 g/mol. The first-order valence-electron chi connectivity index (χ1n) is 8.73. The molecule has 1 heterocycles. The summed E-state index contributed by atoms with van der Waals surface area (Å²) in [7, 11) is 0. The molecule has 1 N–H and O–H groups in total. The van der Waals surface area contributed by atoms with E-state index in [0.717, 1.165) is 25.7 Å². The number of hydrogen-bond acceptors (Lipinski definition) is 3. The first-order chi connectivity index (χ1) is 11.0. The first kappa shape index (κ1) is 17.0. The number of halogens is 1. The van der Waals surface area contributed by atoms with Gasteiger partial charge in [-0.2, -0.15) is 0 Å². The van der Waals surface area contributed by atoms with Crippen LogP contribution in [-0.4, -0.2) is 28.0 Å². The number of urea groups is 1. The van der Waals surface area contributed by atoms with Crippen LogP contribution in [0.1, 0.15) is 58.8 Å². The van der Waals surface area contributed by atoms with Crippen LogP contribution in [0.2, 0.25) is 4.34 Å². The van der Waals surface area contributed by atoms with Crippen molar-refractivity contribution in [2.24, 2.45) is 11.8 Å². The third-order valence-corrected chi connectivity index (χ3v) is 6.22. The Hall–Kier alpha value is -0.810. The minimum absolute atomic E-state index is 0.00853. The average Bonchev–Trinajstić information content (AvgIpc) is 3.10. The van der Waals surface area contributed by atoms with E-state index < -0.39 is 0 Å². The van der Waals surface area contributed by atoms with E-state index >= 15 is 0 Å². The minimum Gasteiger partial charge on any atom is -0.318 e. The maximum Gasteiger partial charge on any atom is 0.324 e. The highest BCUT2D eigenvalue weighted by atomic mass is 35.5. The highest BCUT2D eigenvalue weighted by Gasteiger charge is 2.36. The molecule has 23 heavy (non-hydrogen) atoms. The molecule has 1 aromatic rings. The van der Waals surface area contributed by atoms with Gasteiger partial charge >= 0.3 is 6.03 Å². The Morgan fingerprint density at radius 1 is 1.22 bits per heavy atom. The molecule has 2 aliphatic rings. The molecule has 2 fully saturated rings. The first-order valence-corrected chi connectivity index (χ1v) is 9.93. The van der Waals surface area contributed by atoms with Gasteiger partial charge in [-0.15, -0.1) is 0 Å². The summed E-state index contributed by atoms with van der Waals surface area (Å²) in [5, 5.41) is 3.57. The Bertz CT molecular complexity index is 534. The number of thiazole rings is 1. The van der Waals surface area contributed by atoms with E-state index in [2.05, 4.69) is 29.0 Å². The van der Waals surface area contributed by atoms with Gasteiger partial charge in [0.1, 0.15) is 4.34 Å². The van der Waals surface area contributed by atoms with Gasteiger partial charge in [-0.1, -0.05) is 49.6 Å². The Balaban J connectivity index is 1.75. The third-order valence-electron chi connectivity index (χ3n) is 5.19. The summed E-state index contributed by atoms with van der Waals surface area (Å²) in [6.45, 7) is 4.63. The molecule has 2 saturated carbocycles. The number of anilines is 1. The maximum atomic E-state index is 13.0. The van der Waals surface area contributed by atoms with Crippen molar-refractivity contribution >= 4 is 34.1 Å². The summed E-state index contributed by atoms with van der Waals surface area (Å²) in [6.07, 6.45) is 9.83. The zero-order chi connectivity index (χ0) is 16.4. The SMILES string of the molecule is C[C@@H]1CC(N(C(=O)Nc2ncc(Cl)s2)C2CCCC2)C[C@H](C)C1. The molecule has 0 spiro atoms. The zero-order valence-corrected chi connectivity index (χ0v) is 15.5. The van der Waals surface area contributed by atoms with Crippen LogP contribution >= 0.6 is 22.9 Å². The fourth-order valence-corrected chi connectivity index (χ4v) is 5.21. The van der Waals surface area contributed by atoms with Crippen molar-refractivity contribution in [2.45, 2.75) is 70.9 Å². The van der Waals surface area contributed by atoms with Gasteiger partial charge in [0.05, 0.1) is 6.20 Å². The van der Waals surface area contributed by atoms with Gasteiger partial charge in [0, 0.05) is 12.1 Å². The quantitative estimate of drug-likeness (QED) is 0.789. The third kappa shape index (κ3) is 4.18. The number of hydrogen-bond donors (Lipinski definition) is 1. The molecular formula is C17H26ClN3OS. The Morgan fingerprint density at radius 3 is 2.43 bits per heavy atom. The number of nitrogens with zero attached hydrogens (tertiary/aromatic N) is 2. The van der Waals surface area contributed by atoms with Crippen LogP contribution in [0.4, 0.5) is 9.93 Å². The molecule has 128 valence electrons. The van der Waals surface area contributed by atoms with Crippen molar-refractivity contribution in [2.75, 3.05) is 5.32 Å². The largest absolute Gasteiger partial charge is 0.324 e. The number of rotatable bonds is 3. The molecule has 3 atom stereocenters. The van der Waals surface area contributed by atoms with Crippen LogP contribution < -0.4 is 5.32 Å². The van der Waals surface area contributed by atoms with Gasteiger partial charge in [0.2, 0.25) is 0 Å². The molecule has 0 radical (unpaired) electrons. The fraction of sp³-hybridized carbons (Fsp3) is 0.765. The lowest BCUT2D eigenvalue weighted by Crippen LogP contribution is -2.50. The Labute approximate surface area is 147 Å². The van der Waals surface area contributed by atoms with Crippen LogP contribution in [0.5, 0.6) is 0 Å². The monoisotopic (exact) mass is 355 g/mol. The summed E-state index contributed by atoms with van der Waals surface area (Å²) in [5.74, 6) is 1.38.